The number of nitrogens with zero attached hydrogens (tertiary/aromatic N) is 2. The number of likely N-dealkylation sites (tertiary alicyclic amines) is 2. The van der Waals surface area contributed by atoms with E-state index < -0.39 is 5.60 Å². The Morgan fingerprint density at radius 1 is 1.32 bits per heavy atom. The average Bonchev–Trinajstić information content (AvgIpc) is 2.74. The number of hydrogen-bond donors (Lipinski definition) is 1. The molecule has 1 N–H and O–H groups in total. The summed E-state index contributed by atoms with van der Waals surface area (Å²) in [7, 11) is 2.19. The first-order valence-corrected chi connectivity index (χ1v) is 8.66. The van der Waals surface area contributed by atoms with Gasteiger partial charge in [-0.15, -0.1) is 0 Å². The molecule has 0 radical (unpaired) electrons. The standard InChI is InChI=1S/C17H33N3O2/c1-13-9-15(12-19(13)5)18-10-14-7-6-8-20(11-14)16(21)22-17(2,3)4/h13-15,18H,6-12H2,1-5H3. The van der Waals surface area contributed by atoms with Gasteiger partial charge in [-0.25, -0.2) is 4.79 Å². The Hall–Kier alpha value is -0.810. The largest absolute Gasteiger partial charge is 0.444 e. The Balaban J connectivity index is 1.75. The molecule has 5 heteroatoms. The summed E-state index contributed by atoms with van der Waals surface area (Å²) in [6.45, 7) is 11.8. The van der Waals surface area contributed by atoms with Gasteiger partial charge in [-0.3, -0.25) is 0 Å². The third kappa shape index (κ3) is 5.13. The summed E-state index contributed by atoms with van der Waals surface area (Å²) >= 11 is 0. The first-order valence-electron chi connectivity index (χ1n) is 8.66. The van der Waals surface area contributed by atoms with Crippen molar-refractivity contribution in [3.63, 3.8) is 0 Å². The summed E-state index contributed by atoms with van der Waals surface area (Å²) in [6, 6.07) is 1.26. The van der Waals surface area contributed by atoms with E-state index in [-0.39, 0.29) is 6.09 Å². The van der Waals surface area contributed by atoms with Gasteiger partial charge in [0.25, 0.3) is 0 Å². The van der Waals surface area contributed by atoms with Crippen molar-refractivity contribution in [3.8, 4) is 0 Å². The van der Waals surface area contributed by atoms with E-state index in [4.69, 9.17) is 4.74 Å². The molecule has 2 aliphatic heterocycles. The number of carbonyl (C=O) groups is 1. The van der Waals surface area contributed by atoms with Gasteiger partial charge >= 0.3 is 6.09 Å². The summed E-state index contributed by atoms with van der Waals surface area (Å²) in [5.41, 5.74) is -0.410. The zero-order chi connectivity index (χ0) is 16.3. The Morgan fingerprint density at radius 3 is 2.64 bits per heavy atom. The van der Waals surface area contributed by atoms with Crippen LogP contribution in [0.5, 0.6) is 0 Å². The molecule has 1 amide bonds. The first-order chi connectivity index (χ1) is 10.2. The van der Waals surface area contributed by atoms with Crippen molar-refractivity contribution in [2.75, 3.05) is 33.2 Å². The van der Waals surface area contributed by atoms with Crippen LogP contribution in [0.25, 0.3) is 0 Å². The SMILES string of the molecule is CC1CC(NCC2CCCN(C(=O)OC(C)(C)C)C2)CN1C. The molecule has 128 valence electrons. The smallest absolute Gasteiger partial charge is 0.410 e. The lowest BCUT2D eigenvalue weighted by molar-refractivity contribution is 0.0165. The summed E-state index contributed by atoms with van der Waals surface area (Å²) in [6.07, 6.45) is 3.34. The summed E-state index contributed by atoms with van der Waals surface area (Å²) in [5, 5.41) is 3.70. The molecule has 3 atom stereocenters. The van der Waals surface area contributed by atoms with Crippen LogP contribution in [0.15, 0.2) is 0 Å². The van der Waals surface area contributed by atoms with Crippen molar-refractivity contribution in [2.45, 2.75) is 64.6 Å². The third-order valence-corrected chi connectivity index (χ3v) is 4.75. The second kappa shape index (κ2) is 7.18. The second-order valence-corrected chi connectivity index (χ2v) is 8.06. The van der Waals surface area contributed by atoms with Crippen LogP contribution in [0.1, 0.15) is 47.0 Å². The molecular formula is C17H33N3O2. The molecule has 0 bridgehead atoms. The van der Waals surface area contributed by atoms with Crippen LogP contribution in [0.4, 0.5) is 4.79 Å². The maximum Gasteiger partial charge on any atom is 0.410 e. The lowest BCUT2D eigenvalue weighted by Gasteiger charge is -2.34. The van der Waals surface area contributed by atoms with Crippen LogP contribution in [0.2, 0.25) is 0 Å². The second-order valence-electron chi connectivity index (χ2n) is 8.06. The van der Waals surface area contributed by atoms with Crippen LogP contribution in [-0.2, 0) is 4.74 Å². The van der Waals surface area contributed by atoms with E-state index in [1.54, 1.807) is 0 Å². The Morgan fingerprint density at radius 2 is 2.05 bits per heavy atom. The predicted molar refractivity (Wildman–Crippen MR) is 89.0 cm³/mol. The molecule has 2 rings (SSSR count). The van der Waals surface area contributed by atoms with E-state index in [1.807, 2.05) is 25.7 Å². The molecule has 3 unspecified atom stereocenters. The Bertz CT molecular complexity index is 371. The average molecular weight is 311 g/mol. The van der Waals surface area contributed by atoms with Crippen molar-refractivity contribution in [1.82, 2.24) is 15.1 Å². The minimum Gasteiger partial charge on any atom is -0.444 e. The fraction of sp³-hybridized carbons (Fsp3) is 0.941. The number of rotatable bonds is 3. The predicted octanol–water partition coefficient (Wildman–Crippen LogP) is 2.32. The summed E-state index contributed by atoms with van der Waals surface area (Å²) in [5.74, 6) is 0.544. The first kappa shape index (κ1) is 17.5. The molecular weight excluding hydrogens is 278 g/mol. The number of amides is 1. The zero-order valence-corrected chi connectivity index (χ0v) is 14.9. The molecule has 2 aliphatic rings. The highest BCUT2D eigenvalue weighted by atomic mass is 16.6. The molecule has 0 saturated carbocycles. The van der Waals surface area contributed by atoms with Gasteiger partial charge < -0.3 is 19.9 Å². The fourth-order valence-electron chi connectivity index (χ4n) is 3.40. The van der Waals surface area contributed by atoms with Crippen molar-refractivity contribution < 1.29 is 9.53 Å². The summed E-state index contributed by atoms with van der Waals surface area (Å²) < 4.78 is 5.49. The van der Waals surface area contributed by atoms with Crippen LogP contribution >= 0.6 is 0 Å². The maximum absolute atomic E-state index is 12.2. The molecule has 22 heavy (non-hydrogen) atoms. The number of carbonyl (C=O) groups excluding carboxylic acids is 1. The van der Waals surface area contributed by atoms with Crippen LogP contribution < -0.4 is 5.32 Å². The highest BCUT2D eigenvalue weighted by Gasteiger charge is 2.29. The topological polar surface area (TPSA) is 44.8 Å². The highest BCUT2D eigenvalue weighted by molar-refractivity contribution is 5.68. The molecule has 0 aliphatic carbocycles. The van der Waals surface area contributed by atoms with Gasteiger partial charge in [0.1, 0.15) is 5.60 Å². The van der Waals surface area contributed by atoms with Gasteiger partial charge in [0, 0.05) is 31.7 Å². The molecule has 0 aromatic carbocycles. The van der Waals surface area contributed by atoms with Crippen molar-refractivity contribution >= 4 is 6.09 Å². The number of likely N-dealkylation sites (N-methyl/N-ethyl adjacent to an activating group) is 1. The van der Waals surface area contributed by atoms with E-state index in [1.165, 1.54) is 12.8 Å². The zero-order valence-electron chi connectivity index (χ0n) is 14.9. The lowest BCUT2D eigenvalue weighted by Crippen LogP contribution is -2.46. The monoisotopic (exact) mass is 311 g/mol. The molecule has 0 aromatic heterocycles. The van der Waals surface area contributed by atoms with E-state index in [2.05, 4.69) is 24.2 Å². The van der Waals surface area contributed by atoms with Gasteiger partial charge in [-0.05, 0) is 66.5 Å². The fourth-order valence-corrected chi connectivity index (χ4v) is 3.40. The van der Waals surface area contributed by atoms with Crippen LogP contribution in [-0.4, -0.2) is 66.8 Å². The van der Waals surface area contributed by atoms with Gasteiger partial charge in [0.05, 0.1) is 0 Å². The lowest BCUT2D eigenvalue weighted by atomic mass is 9.98. The molecule has 2 heterocycles. The number of ether oxygens (including phenoxy) is 1. The quantitative estimate of drug-likeness (QED) is 0.869. The van der Waals surface area contributed by atoms with Gasteiger partial charge in [-0.2, -0.15) is 0 Å². The number of nitrogens with one attached hydrogen (secondary N) is 1. The molecule has 2 saturated heterocycles. The van der Waals surface area contributed by atoms with Gasteiger partial charge in [0.15, 0.2) is 0 Å². The molecule has 2 fully saturated rings. The highest BCUT2D eigenvalue weighted by Crippen LogP contribution is 2.20. The number of hydrogen-bond acceptors (Lipinski definition) is 4. The van der Waals surface area contributed by atoms with E-state index >= 15 is 0 Å². The van der Waals surface area contributed by atoms with Crippen molar-refractivity contribution in [1.29, 1.82) is 0 Å². The number of piperidine rings is 1. The molecule has 0 spiro atoms. The minimum absolute atomic E-state index is 0.161. The summed E-state index contributed by atoms with van der Waals surface area (Å²) in [4.78, 5) is 16.5. The maximum atomic E-state index is 12.2. The van der Waals surface area contributed by atoms with Crippen molar-refractivity contribution in [2.24, 2.45) is 5.92 Å². The van der Waals surface area contributed by atoms with Crippen LogP contribution in [0.3, 0.4) is 0 Å². The van der Waals surface area contributed by atoms with E-state index in [9.17, 15) is 4.79 Å². The normalized spacial score (nSPS) is 30.6. The van der Waals surface area contributed by atoms with E-state index in [0.29, 0.717) is 18.0 Å². The van der Waals surface area contributed by atoms with E-state index in [0.717, 1.165) is 32.6 Å². The van der Waals surface area contributed by atoms with Gasteiger partial charge in [-0.1, -0.05) is 0 Å². The Labute approximate surface area is 135 Å². The molecule has 0 aromatic rings. The Kier molecular flexibility index (Phi) is 5.72. The van der Waals surface area contributed by atoms with Gasteiger partial charge in [0.2, 0.25) is 0 Å². The minimum atomic E-state index is -0.410. The van der Waals surface area contributed by atoms with Crippen molar-refractivity contribution in [3.05, 3.63) is 0 Å². The van der Waals surface area contributed by atoms with Crippen LogP contribution in [0, 0.1) is 5.92 Å². The molecule has 5 nitrogen and oxygen atoms in total. The third-order valence-electron chi connectivity index (χ3n) is 4.75.